The average Bonchev–Trinajstić information content (AvgIpc) is 3.22. The number of benzene rings is 2. The van der Waals surface area contributed by atoms with Gasteiger partial charge in [-0.05, 0) is 61.4 Å². The first-order valence-corrected chi connectivity index (χ1v) is 9.90. The van der Waals surface area contributed by atoms with Crippen LogP contribution in [-0.2, 0) is 12.8 Å². The summed E-state index contributed by atoms with van der Waals surface area (Å²) in [4.78, 5) is 23.8. The Morgan fingerprint density at radius 3 is 2.29 bits per heavy atom. The molecule has 4 aromatic rings. The Morgan fingerprint density at radius 2 is 1.68 bits per heavy atom. The predicted molar refractivity (Wildman–Crippen MR) is 113 cm³/mol. The van der Waals surface area contributed by atoms with Crippen LogP contribution in [0.4, 0.5) is 13.2 Å². The number of carbonyl (C=O) groups is 1. The van der Waals surface area contributed by atoms with Crippen LogP contribution >= 0.6 is 0 Å². The first-order valence-electron chi connectivity index (χ1n) is 9.90. The van der Waals surface area contributed by atoms with E-state index in [1.807, 2.05) is 6.07 Å². The molecule has 0 atom stereocenters. The summed E-state index contributed by atoms with van der Waals surface area (Å²) >= 11 is 0. The number of alkyl halides is 3. The molecule has 0 amide bonds. The number of rotatable bonds is 6. The number of fused-ring (bicyclic) bond motifs is 1. The summed E-state index contributed by atoms with van der Waals surface area (Å²) in [6, 6.07) is 11.2. The Hall–Kier alpha value is -4.21. The van der Waals surface area contributed by atoms with Crippen LogP contribution in [0.1, 0.15) is 33.2 Å². The third kappa shape index (κ3) is 4.75. The zero-order valence-electron chi connectivity index (χ0n) is 17.9. The second-order valence-electron chi connectivity index (χ2n) is 7.53. The molecule has 0 unspecified atom stereocenters. The van der Waals surface area contributed by atoms with E-state index in [4.69, 9.17) is 23.4 Å². The molecule has 7 nitrogen and oxygen atoms in total. The highest BCUT2D eigenvalue weighted by Crippen LogP contribution is 2.39. The summed E-state index contributed by atoms with van der Waals surface area (Å²) < 4.78 is 62.2. The van der Waals surface area contributed by atoms with Crippen molar-refractivity contribution in [3.63, 3.8) is 0 Å². The highest BCUT2D eigenvalue weighted by atomic mass is 19.4. The topological polar surface area (TPSA) is 99.1 Å². The fourth-order valence-corrected chi connectivity index (χ4v) is 3.36. The summed E-state index contributed by atoms with van der Waals surface area (Å²) in [6.45, 7) is 3.31. The van der Waals surface area contributed by atoms with Crippen molar-refractivity contribution >= 4 is 16.9 Å². The van der Waals surface area contributed by atoms with Crippen LogP contribution < -0.4 is 14.9 Å². The molecule has 0 bridgehead atoms. The monoisotopic (exact) mass is 474 g/mol. The Labute approximate surface area is 189 Å². The molecule has 0 aliphatic heterocycles. The summed E-state index contributed by atoms with van der Waals surface area (Å²) in [7, 11) is 0. The zero-order valence-corrected chi connectivity index (χ0v) is 17.9. The van der Waals surface area contributed by atoms with Crippen molar-refractivity contribution < 1.29 is 41.4 Å². The van der Waals surface area contributed by atoms with Crippen molar-refractivity contribution in [2.75, 3.05) is 0 Å². The molecule has 1 N–H and O–H groups in total. The summed E-state index contributed by atoms with van der Waals surface area (Å²) in [6.07, 6.45) is -5.00. The Bertz CT molecular complexity index is 1430. The number of aryl methyl sites for hydroxylation is 2. The summed E-state index contributed by atoms with van der Waals surface area (Å²) in [5, 5.41) is 8.75. The second-order valence-corrected chi connectivity index (χ2v) is 7.53. The second kappa shape index (κ2) is 8.62. The molecule has 176 valence electrons. The van der Waals surface area contributed by atoms with E-state index in [9.17, 15) is 22.8 Å². The minimum atomic E-state index is -5.00. The minimum Gasteiger partial charge on any atom is -0.486 e. The summed E-state index contributed by atoms with van der Waals surface area (Å²) in [5.41, 5.74) is 0.162. The number of ether oxygens (including phenoxy) is 2. The van der Waals surface area contributed by atoms with Gasteiger partial charge in [0.05, 0.1) is 5.39 Å². The highest BCUT2D eigenvalue weighted by Gasteiger charge is 2.40. The maximum Gasteiger partial charge on any atom is 0.453 e. The smallest absolute Gasteiger partial charge is 0.453 e. The Morgan fingerprint density at radius 1 is 0.971 bits per heavy atom. The van der Waals surface area contributed by atoms with Crippen LogP contribution in [-0.4, -0.2) is 11.1 Å². The van der Waals surface area contributed by atoms with Crippen molar-refractivity contribution in [1.29, 1.82) is 0 Å². The van der Waals surface area contributed by atoms with E-state index in [0.29, 0.717) is 0 Å². The number of carboxylic acid groups (broad SMARTS) is 1. The van der Waals surface area contributed by atoms with Gasteiger partial charge in [0.1, 0.15) is 29.4 Å². The van der Waals surface area contributed by atoms with Gasteiger partial charge in [0, 0.05) is 6.07 Å². The van der Waals surface area contributed by atoms with Crippen LogP contribution in [0.3, 0.4) is 0 Å². The molecular formula is C24H17F3O7. The zero-order chi connectivity index (χ0) is 24.6. The lowest BCUT2D eigenvalue weighted by atomic mass is 10.1. The van der Waals surface area contributed by atoms with E-state index in [2.05, 4.69) is 0 Å². The van der Waals surface area contributed by atoms with Crippen LogP contribution in [0, 0.1) is 13.8 Å². The Balaban J connectivity index is 1.70. The van der Waals surface area contributed by atoms with Gasteiger partial charge in [0.15, 0.2) is 0 Å². The van der Waals surface area contributed by atoms with Crippen LogP contribution in [0.25, 0.3) is 11.0 Å². The largest absolute Gasteiger partial charge is 0.486 e. The maximum absolute atomic E-state index is 13.8. The van der Waals surface area contributed by atoms with Gasteiger partial charge in [-0.3, -0.25) is 4.79 Å². The molecule has 0 aliphatic rings. The van der Waals surface area contributed by atoms with Gasteiger partial charge in [0.25, 0.3) is 5.76 Å². The van der Waals surface area contributed by atoms with Crippen molar-refractivity contribution in [1.82, 2.24) is 0 Å². The van der Waals surface area contributed by atoms with Crippen molar-refractivity contribution in [3.8, 4) is 17.2 Å². The predicted octanol–water partition coefficient (Wildman–Crippen LogP) is 6.09. The lowest BCUT2D eigenvalue weighted by Gasteiger charge is -2.14. The quantitative estimate of drug-likeness (QED) is 0.361. The normalized spacial score (nSPS) is 11.6. The molecule has 0 aliphatic carbocycles. The molecule has 0 saturated carbocycles. The molecule has 0 spiro atoms. The molecule has 4 rings (SSSR count). The molecule has 2 heterocycles. The third-order valence-electron chi connectivity index (χ3n) is 4.75. The summed E-state index contributed by atoms with van der Waals surface area (Å²) in [5.74, 6) is -3.72. The van der Waals surface area contributed by atoms with Gasteiger partial charge < -0.3 is 23.4 Å². The van der Waals surface area contributed by atoms with E-state index in [1.54, 1.807) is 13.8 Å². The van der Waals surface area contributed by atoms with E-state index in [1.165, 1.54) is 36.4 Å². The van der Waals surface area contributed by atoms with Gasteiger partial charge in [-0.25, -0.2) is 4.79 Å². The standard InChI is InChI=1S/C24H17F3O7/c1-12-7-13(2)9-16(8-12)33-21-20(28)17-5-3-14(10-19(17)34-22(21)24(25,26)27)31-11-15-4-6-18(32-15)23(29)30/h3-10H,11H2,1-2H3,(H,29,30). The van der Waals surface area contributed by atoms with Crippen molar-refractivity contribution in [3.05, 3.63) is 87.2 Å². The number of carboxylic acids is 1. The lowest BCUT2D eigenvalue weighted by molar-refractivity contribution is -0.154. The van der Waals surface area contributed by atoms with Gasteiger partial charge in [-0.2, -0.15) is 13.2 Å². The molecule has 0 fully saturated rings. The average molecular weight is 474 g/mol. The first-order chi connectivity index (χ1) is 16.0. The first kappa shape index (κ1) is 23.0. The van der Waals surface area contributed by atoms with E-state index in [0.717, 1.165) is 17.2 Å². The van der Waals surface area contributed by atoms with Gasteiger partial charge in [-0.1, -0.05) is 6.07 Å². The highest BCUT2D eigenvalue weighted by molar-refractivity contribution is 5.84. The molecule has 2 aromatic carbocycles. The number of hydrogen-bond donors (Lipinski definition) is 1. The fraction of sp³-hybridized carbons (Fsp3) is 0.167. The van der Waals surface area contributed by atoms with Gasteiger partial charge in [-0.15, -0.1) is 0 Å². The van der Waals surface area contributed by atoms with E-state index in [-0.39, 0.29) is 40.6 Å². The minimum absolute atomic E-state index is 0.0776. The van der Waals surface area contributed by atoms with Crippen LogP contribution in [0.15, 0.2) is 62.2 Å². The van der Waals surface area contributed by atoms with E-state index >= 15 is 0 Å². The molecule has 34 heavy (non-hydrogen) atoms. The van der Waals surface area contributed by atoms with Crippen molar-refractivity contribution in [2.45, 2.75) is 26.6 Å². The van der Waals surface area contributed by atoms with Gasteiger partial charge >= 0.3 is 12.1 Å². The number of hydrogen-bond acceptors (Lipinski definition) is 6. The van der Waals surface area contributed by atoms with E-state index < -0.39 is 29.1 Å². The third-order valence-corrected chi connectivity index (χ3v) is 4.75. The number of aromatic carboxylic acids is 1. The molecular weight excluding hydrogens is 457 g/mol. The van der Waals surface area contributed by atoms with Crippen LogP contribution in [0.5, 0.6) is 17.2 Å². The van der Waals surface area contributed by atoms with Crippen molar-refractivity contribution in [2.24, 2.45) is 0 Å². The molecule has 2 aromatic heterocycles. The molecule has 0 saturated heterocycles. The van der Waals surface area contributed by atoms with Gasteiger partial charge in [0.2, 0.25) is 16.9 Å². The maximum atomic E-state index is 13.8. The lowest BCUT2D eigenvalue weighted by Crippen LogP contribution is -2.15. The number of furan rings is 1. The Kier molecular flexibility index (Phi) is 5.82. The fourth-order valence-electron chi connectivity index (χ4n) is 3.36. The SMILES string of the molecule is Cc1cc(C)cc(Oc2c(C(F)(F)F)oc3cc(OCc4ccc(C(=O)O)o4)ccc3c2=O)c1. The molecule has 10 heteroatoms. The van der Waals surface area contributed by atoms with Crippen LogP contribution in [0.2, 0.25) is 0 Å². The number of halogens is 3. The molecule has 0 radical (unpaired) electrons.